The zero-order valence-electron chi connectivity index (χ0n) is 8.71. The van der Waals surface area contributed by atoms with E-state index in [2.05, 4.69) is 10.3 Å². The summed E-state index contributed by atoms with van der Waals surface area (Å²) < 4.78 is 4.86. The van der Waals surface area contributed by atoms with Gasteiger partial charge in [0.05, 0.1) is 12.2 Å². The van der Waals surface area contributed by atoms with E-state index in [1.807, 2.05) is 6.92 Å². The maximum absolute atomic E-state index is 11.4. The number of ether oxygens (including phenoxy) is 1. The van der Waals surface area contributed by atoms with Gasteiger partial charge in [0.1, 0.15) is 11.0 Å². The Morgan fingerprint density at radius 3 is 2.87 bits per heavy atom. The van der Waals surface area contributed by atoms with Crippen LogP contribution in [0.1, 0.15) is 24.2 Å². The summed E-state index contributed by atoms with van der Waals surface area (Å²) in [7, 11) is 0. The van der Waals surface area contributed by atoms with E-state index in [1.165, 1.54) is 6.07 Å². The van der Waals surface area contributed by atoms with Crippen molar-refractivity contribution in [1.29, 1.82) is 0 Å². The van der Waals surface area contributed by atoms with E-state index < -0.39 is 0 Å². The van der Waals surface area contributed by atoms with E-state index in [9.17, 15) is 4.79 Å². The first-order valence-corrected chi connectivity index (χ1v) is 5.13. The lowest BCUT2D eigenvalue weighted by atomic mass is 10.2. The first-order chi connectivity index (χ1) is 7.17. The van der Waals surface area contributed by atoms with E-state index in [4.69, 9.17) is 16.3 Å². The maximum atomic E-state index is 11.4. The van der Waals surface area contributed by atoms with E-state index in [-0.39, 0.29) is 11.1 Å². The summed E-state index contributed by atoms with van der Waals surface area (Å²) in [5.41, 5.74) is 0.410. The Bertz CT molecular complexity index is 355. The van der Waals surface area contributed by atoms with E-state index in [1.54, 1.807) is 13.0 Å². The van der Waals surface area contributed by atoms with Gasteiger partial charge in [0.15, 0.2) is 0 Å². The lowest BCUT2D eigenvalue weighted by Gasteiger charge is -2.06. The summed E-state index contributed by atoms with van der Waals surface area (Å²) in [6.07, 6.45) is 0. The Labute approximate surface area is 93.6 Å². The SMILES string of the molecule is CCNc1cc(C(=O)OCC)cc(Cl)n1. The van der Waals surface area contributed by atoms with Crippen molar-refractivity contribution in [3.63, 3.8) is 0 Å². The van der Waals surface area contributed by atoms with Crippen LogP contribution in [0, 0.1) is 0 Å². The summed E-state index contributed by atoms with van der Waals surface area (Å²) in [5, 5.41) is 3.26. The summed E-state index contributed by atoms with van der Waals surface area (Å²) in [6, 6.07) is 3.10. The zero-order valence-corrected chi connectivity index (χ0v) is 9.47. The molecule has 0 saturated heterocycles. The van der Waals surface area contributed by atoms with Gasteiger partial charge in [-0.1, -0.05) is 11.6 Å². The van der Waals surface area contributed by atoms with Crippen molar-refractivity contribution >= 4 is 23.4 Å². The van der Waals surface area contributed by atoms with Crippen molar-refractivity contribution in [2.75, 3.05) is 18.5 Å². The highest BCUT2D eigenvalue weighted by molar-refractivity contribution is 6.29. The number of carbonyl (C=O) groups excluding carboxylic acids is 1. The topological polar surface area (TPSA) is 51.2 Å². The van der Waals surface area contributed by atoms with Crippen LogP contribution in [0.5, 0.6) is 0 Å². The molecule has 0 unspecified atom stereocenters. The monoisotopic (exact) mass is 228 g/mol. The highest BCUT2D eigenvalue weighted by Gasteiger charge is 2.09. The van der Waals surface area contributed by atoms with Crippen LogP contribution < -0.4 is 5.32 Å². The van der Waals surface area contributed by atoms with Gasteiger partial charge in [-0.3, -0.25) is 0 Å². The normalized spacial score (nSPS) is 9.80. The average Bonchev–Trinajstić information content (AvgIpc) is 2.17. The van der Waals surface area contributed by atoms with Gasteiger partial charge in [0.2, 0.25) is 0 Å². The fraction of sp³-hybridized carbons (Fsp3) is 0.400. The minimum absolute atomic E-state index is 0.275. The van der Waals surface area contributed by atoms with Crippen molar-refractivity contribution in [3.8, 4) is 0 Å². The number of carbonyl (C=O) groups is 1. The van der Waals surface area contributed by atoms with Crippen LogP contribution in [0.25, 0.3) is 0 Å². The van der Waals surface area contributed by atoms with Gasteiger partial charge in [-0.15, -0.1) is 0 Å². The molecule has 0 bridgehead atoms. The van der Waals surface area contributed by atoms with Crippen molar-refractivity contribution < 1.29 is 9.53 Å². The molecule has 15 heavy (non-hydrogen) atoms. The maximum Gasteiger partial charge on any atom is 0.338 e. The molecule has 1 aromatic heterocycles. The molecule has 5 heteroatoms. The lowest BCUT2D eigenvalue weighted by molar-refractivity contribution is 0.0526. The highest BCUT2D eigenvalue weighted by Crippen LogP contribution is 2.15. The summed E-state index contributed by atoms with van der Waals surface area (Å²) >= 11 is 5.77. The second-order valence-corrected chi connectivity index (χ2v) is 3.20. The standard InChI is InChI=1S/C10H13ClN2O2/c1-3-12-9-6-7(5-8(11)13-9)10(14)15-4-2/h5-6H,3-4H2,1-2H3,(H,12,13). The third-order valence-electron chi connectivity index (χ3n) is 1.66. The van der Waals surface area contributed by atoms with Crippen LogP contribution in [0.15, 0.2) is 12.1 Å². The highest BCUT2D eigenvalue weighted by atomic mass is 35.5. The van der Waals surface area contributed by atoms with Crippen molar-refractivity contribution in [3.05, 3.63) is 22.8 Å². The number of pyridine rings is 1. The number of hydrogen-bond donors (Lipinski definition) is 1. The molecule has 0 radical (unpaired) electrons. The third kappa shape index (κ3) is 3.40. The average molecular weight is 229 g/mol. The van der Waals surface area contributed by atoms with Crippen LogP contribution in [0.2, 0.25) is 5.15 Å². The zero-order chi connectivity index (χ0) is 11.3. The van der Waals surface area contributed by atoms with Gasteiger partial charge < -0.3 is 10.1 Å². The molecule has 4 nitrogen and oxygen atoms in total. The molecule has 0 atom stereocenters. The Kier molecular flexibility index (Phi) is 4.37. The van der Waals surface area contributed by atoms with Crippen LogP contribution in [-0.2, 0) is 4.74 Å². The molecule has 0 aliphatic heterocycles. The van der Waals surface area contributed by atoms with Crippen LogP contribution in [0.4, 0.5) is 5.82 Å². The summed E-state index contributed by atoms with van der Waals surface area (Å²) in [4.78, 5) is 15.4. The predicted octanol–water partition coefficient (Wildman–Crippen LogP) is 2.34. The van der Waals surface area contributed by atoms with Crippen LogP contribution >= 0.6 is 11.6 Å². The molecule has 1 heterocycles. The lowest BCUT2D eigenvalue weighted by Crippen LogP contribution is -2.07. The molecule has 0 spiro atoms. The van der Waals surface area contributed by atoms with E-state index in [0.29, 0.717) is 18.0 Å². The molecule has 1 N–H and O–H groups in total. The fourth-order valence-corrected chi connectivity index (χ4v) is 1.31. The Hall–Kier alpha value is -1.29. The molecule has 0 aliphatic carbocycles. The number of anilines is 1. The van der Waals surface area contributed by atoms with Crippen LogP contribution in [0.3, 0.4) is 0 Å². The Morgan fingerprint density at radius 1 is 1.53 bits per heavy atom. The number of nitrogens with zero attached hydrogens (tertiary/aromatic N) is 1. The molecule has 82 valence electrons. The fourth-order valence-electron chi connectivity index (χ4n) is 1.10. The number of nitrogens with one attached hydrogen (secondary N) is 1. The van der Waals surface area contributed by atoms with Crippen molar-refractivity contribution in [1.82, 2.24) is 4.98 Å². The van der Waals surface area contributed by atoms with Gasteiger partial charge in [-0.25, -0.2) is 9.78 Å². The second kappa shape index (κ2) is 5.56. The molecule has 0 fully saturated rings. The molecule has 0 aliphatic rings. The molecule has 1 aromatic rings. The van der Waals surface area contributed by atoms with Gasteiger partial charge in [0, 0.05) is 6.54 Å². The van der Waals surface area contributed by atoms with Crippen LogP contribution in [-0.4, -0.2) is 24.1 Å². The second-order valence-electron chi connectivity index (χ2n) is 2.81. The van der Waals surface area contributed by atoms with E-state index in [0.717, 1.165) is 6.54 Å². The third-order valence-corrected chi connectivity index (χ3v) is 1.86. The van der Waals surface area contributed by atoms with Gasteiger partial charge in [0.25, 0.3) is 0 Å². The molecular weight excluding hydrogens is 216 g/mol. The molecule has 1 rings (SSSR count). The summed E-state index contributed by atoms with van der Waals surface area (Å²) in [6.45, 7) is 4.75. The van der Waals surface area contributed by atoms with Crippen molar-refractivity contribution in [2.45, 2.75) is 13.8 Å². The predicted molar refractivity (Wildman–Crippen MR) is 59.4 cm³/mol. The molecule has 0 amide bonds. The molecular formula is C10H13ClN2O2. The van der Waals surface area contributed by atoms with Crippen molar-refractivity contribution in [2.24, 2.45) is 0 Å². The van der Waals surface area contributed by atoms with E-state index >= 15 is 0 Å². The van der Waals surface area contributed by atoms with Gasteiger partial charge in [-0.2, -0.15) is 0 Å². The number of hydrogen-bond acceptors (Lipinski definition) is 4. The molecule has 0 saturated carbocycles. The summed E-state index contributed by atoms with van der Waals surface area (Å²) in [5.74, 6) is 0.189. The smallest absolute Gasteiger partial charge is 0.338 e. The van der Waals surface area contributed by atoms with Gasteiger partial charge >= 0.3 is 5.97 Å². The number of esters is 1. The number of rotatable bonds is 4. The first-order valence-electron chi connectivity index (χ1n) is 4.76. The van der Waals surface area contributed by atoms with Gasteiger partial charge in [-0.05, 0) is 26.0 Å². The minimum atomic E-state index is -0.388. The first kappa shape index (κ1) is 11.8. The quantitative estimate of drug-likeness (QED) is 0.635. The molecule has 0 aromatic carbocycles. The Morgan fingerprint density at radius 2 is 2.27 bits per heavy atom. The number of aromatic nitrogens is 1. The minimum Gasteiger partial charge on any atom is -0.462 e. The number of halogens is 1. The largest absolute Gasteiger partial charge is 0.462 e. The Balaban J connectivity index is 2.92.